The summed E-state index contributed by atoms with van der Waals surface area (Å²) < 4.78 is 0. The van der Waals surface area contributed by atoms with E-state index in [1.54, 1.807) is 0 Å². The third-order valence-corrected chi connectivity index (χ3v) is 5.35. The highest BCUT2D eigenvalue weighted by Gasteiger charge is 2.10. The van der Waals surface area contributed by atoms with Crippen molar-refractivity contribution in [3.63, 3.8) is 0 Å². The minimum Gasteiger partial charge on any atom is -0.380 e. The zero-order chi connectivity index (χ0) is 21.8. The van der Waals surface area contributed by atoms with Crippen LogP contribution in [0.5, 0.6) is 0 Å². The molecule has 2 heterocycles. The standard InChI is InChI=1S/C26H22N6/c1-2-7-20-16-25(23-10-5-6-11-24(23)28-20)27-17-18-12-14-19(15-13-18)21-8-3-4-9-22(21)26-29-31-32-30-26/h2-16H,17H2,1H3,(H,27,28)(H,29,30,31,32)/b7-2-. The van der Waals surface area contributed by atoms with E-state index in [1.807, 2.05) is 55.5 Å². The number of allylic oxidation sites excluding steroid dienone is 1. The average Bonchev–Trinajstić information content (AvgIpc) is 3.38. The fourth-order valence-electron chi connectivity index (χ4n) is 3.81. The van der Waals surface area contributed by atoms with Crippen molar-refractivity contribution in [3.8, 4) is 22.5 Å². The van der Waals surface area contributed by atoms with Gasteiger partial charge in [-0.15, -0.1) is 5.10 Å². The van der Waals surface area contributed by atoms with Gasteiger partial charge in [-0.05, 0) is 52.2 Å². The summed E-state index contributed by atoms with van der Waals surface area (Å²) in [7, 11) is 0. The van der Waals surface area contributed by atoms with Gasteiger partial charge in [0, 0.05) is 23.2 Å². The Hall–Kier alpha value is -4.32. The molecule has 0 spiro atoms. The molecule has 0 bridgehead atoms. The first-order valence-electron chi connectivity index (χ1n) is 10.5. The van der Waals surface area contributed by atoms with Crippen molar-refractivity contribution >= 4 is 22.7 Å². The lowest BCUT2D eigenvalue weighted by molar-refractivity contribution is 0.881. The van der Waals surface area contributed by atoms with Gasteiger partial charge in [-0.25, -0.2) is 10.1 Å². The van der Waals surface area contributed by atoms with Gasteiger partial charge in [0.25, 0.3) is 0 Å². The van der Waals surface area contributed by atoms with Gasteiger partial charge in [0.1, 0.15) is 0 Å². The molecule has 2 aromatic heterocycles. The van der Waals surface area contributed by atoms with E-state index in [1.165, 1.54) is 5.56 Å². The van der Waals surface area contributed by atoms with Gasteiger partial charge in [-0.2, -0.15) is 0 Å². The van der Waals surface area contributed by atoms with E-state index in [-0.39, 0.29) is 0 Å². The van der Waals surface area contributed by atoms with Crippen LogP contribution in [0.15, 0.2) is 84.9 Å². The number of nitrogens with one attached hydrogen (secondary N) is 2. The quantitative estimate of drug-likeness (QED) is 0.368. The number of tetrazole rings is 1. The molecule has 0 aliphatic rings. The second-order valence-corrected chi connectivity index (χ2v) is 7.46. The Morgan fingerprint density at radius 2 is 1.69 bits per heavy atom. The summed E-state index contributed by atoms with van der Waals surface area (Å²) in [6.07, 6.45) is 4.03. The van der Waals surface area contributed by atoms with Gasteiger partial charge in [-0.1, -0.05) is 72.8 Å². The molecule has 6 heteroatoms. The first-order valence-corrected chi connectivity index (χ1v) is 10.5. The molecule has 2 N–H and O–H groups in total. The molecule has 0 radical (unpaired) electrons. The van der Waals surface area contributed by atoms with E-state index >= 15 is 0 Å². The van der Waals surface area contributed by atoms with Crippen molar-refractivity contribution in [2.45, 2.75) is 13.5 Å². The van der Waals surface area contributed by atoms with E-state index in [0.29, 0.717) is 5.82 Å². The highest BCUT2D eigenvalue weighted by Crippen LogP contribution is 2.30. The number of pyridine rings is 1. The number of para-hydroxylation sites is 1. The second-order valence-electron chi connectivity index (χ2n) is 7.46. The molecule has 5 rings (SSSR count). The fourth-order valence-corrected chi connectivity index (χ4v) is 3.81. The Kier molecular flexibility index (Phi) is 5.41. The molecule has 0 aliphatic heterocycles. The van der Waals surface area contributed by atoms with Gasteiger partial charge >= 0.3 is 0 Å². The average molecular weight is 419 g/mol. The van der Waals surface area contributed by atoms with Gasteiger partial charge in [-0.3, -0.25) is 0 Å². The van der Waals surface area contributed by atoms with Crippen molar-refractivity contribution in [1.82, 2.24) is 25.6 Å². The molecular weight excluding hydrogens is 396 g/mol. The Balaban J connectivity index is 1.39. The lowest BCUT2D eigenvalue weighted by Crippen LogP contribution is -2.01. The number of H-pyrrole nitrogens is 1. The molecule has 0 atom stereocenters. The summed E-state index contributed by atoms with van der Waals surface area (Å²) in [5, 5.41) is 19.0. The van der Waals surface area contributed by atoms with Crippen LogP contribution in [0.3, 0.4) is 0 Å². The van der Waals surface area contributed by atoms with Crippen LogP contribution in [0.1, 0.15) is 18.2 Å². The number of rotatable bonds is 6. The van der Waals surface area contributed by atoms with E-state index in [9.17, 15) is 0 Å². The molecule has 0 amide bonds. The van der Waals surface area contributed by atoms with Crippen LogP contribution in [-0.2, 0) is 6.54 Å². The monoisotopic (exact) mass is 418 g/mol. The number of hydrogen-bond donors (Lipinski definition) is 2. The number of fused-ring (bicyclic) bond motifs is 1. The summed E-state index contributed by atoms with van der Waals surface area (Å²) in [6.45, 7) is 2.72. The smallest absolute Gasteiger partial charge is 0.180 e. The minimum atomic E-state index is 0.660. The fraction of sp³-hybridized carbons (Fsp3) is 0.0769. The lowest BCUT2D eigenvalue weighted by Gasteiger charge is -2.12. The zero-order valence-electron chi connectivity index (χ0n) is 17.7. The van der Waals surface area contributed by atoms with Crippen molar-refractivity contribution < 1.29 is 0 Å². The van der Waals surface area contributed by atoms with Gasteiger partial charge in [0.15, 0.2) is 5.82 Å². The molecule has 6 nitrogen and oxygen atoms in total. The zero-order valence-corrected chi connectivity index (χ0v) is 17.7. The van der Waals surface area contributed by atoms with E-state index in [2.05, 4.69) is 68.4 Å². The first kappa shape index (κ1) is 19.6. The van der Waals surface area contributed by atoms with Crippen LogP contribution >= 0.6 is 0 Å². The van der Waals surface area contributed by atoms with Gasteiger partial charge in [0.2, 0.25) is 0 Å². The van der Waals surface area contributed by atoms with E-state index in [4.69, 9.17) is 4.98 Å². The van der Waals surface area contributed by atoms with Crippen LogP contribution in [0.4, 0.5) is 5.69 Å². The van der Waals surface area contributed by atoms with Crippen molar-refractivity contribution in [3.05, 3.63) is 96.2 Å². The number of nitrogens with zero attached hydrogens (tertiary/aromatic N) is 4. The normalized spacial score (nSPS) is 11.3. The molecule has 0 unspecified atom stereocenters. The number of anilines is 1. The minimum absolute atomic E-state index is 0.660. The van der Waals surface area contributed by atoms with Crippen LogP contribution in [0.25, 0.3) is 39.5 Å². The van der Waals surface area contributed by atoms with Crippen LogP contribution in [-0.4, -0.2) is 25.6 Å². The summed E-state index contributed by atoms with van der Waals surface area (Å²) in [5.41, 5.74) is 7.38. The molecule has 0 aliphatic carbocycles. The van der Waals surface area contributed by atoms with Crippen molar-refractivity contribution in [2.75, 3.05) is 5.32 Å². The Morgan fingerprint density at radius 1 is 0.906 bits per heavy atom. The molecule has 0 saturated carbocycles. The third-order valence-electron chi connectivity index (χ3n) is 5.35. The number of aromatic nitrogens is 5. The predicted octanol–water partition coefficient (Wildman–Crippen LogP) is 5.73. The summed E-state index contributed by atoms with van der Waals surface area (Å²) in [4.78, 5) is 4.71. The lowest BCUT2D eigenvalue weighted by atomic mass is 9.98. The van der Waals surface area contributed by atoms with Crippen LogP contribution in [0, 0.1) is 0 Å². The van der Waals surface area contributed by atoms with E-state index in [0.717, 1.165) is 45.5 Å². The molecule has 3 aromatic carbocycles. The second kappa shape index (κ2) is 8.81. The topological polar surface area (TPSA) is 79.4 Å². The Labute approximate surface area is 186 Å². The molecule has 156 valence electrons. The highest BCUT2D eigenvalue weighted by molar-refractivity contribution is 5.92. The molecule has 32 heavy (non-hydrogen) atoms. The summed E-state index contributed by atoms with van der Waals surface area (Å²) >= 11 is 0. The maximum absolute atomic E-state index is 4.71. The number of aromatic amines is 1. The number of benzene rings is 3. The van der Waals surface area contributed by atoms with Crippen LogP contribution < -0.4 is 5.32 Å². The Bertz CT molecular complexity index is 1370. The molecule has 0 saturated heterocycles. The third kappa shape index (κ3) is 3.98. The molecular formula is C26H22N6. The van der Waals surface area contributed by atoms with Gasteiger partial charge < -0.3 is 5.32 Å². The highest BCUT2D eigenvalue weighted by atomic mass is 15.5. The van der Waals surface area contributed by atoms with Crippen molar-refractivity contribution in [2.24, 2.45) is 0 Å². The summed E-state index contributed by atoms with van der Waals surface area (Å²) in [6, 6.07) is 27.0. The molecule has 0 fully saturated rings. The van der Waals surface area contributed by atoms with Crippen molar-refractivity contribution in [1.29, 1.82) is 0 Å². The predicted molar refractivity (Wildman–Crippen MR) is 129 cm³/mol. The SMILES string of the molecule is C/C=C\c1cc(NCc2ccc(-c3ccccc3-c3nnn[nH]3)cc2)c2ccccc2n1. The maximum Gasteiger partial charge on any atom is 0.180 e. The maximum atomic E-state index is 4.71. The Morgan fingerprint density at radius 3 is 2.47 bits per heavy atom. The molecule has 5 aromatic rings. The van der Waals surface area contributed by atoms with E-state index < -0.39 is 0 Å². The van der Waals surface area contributed by atoms with Gasteiger partial charge in [0.05, 0.1) is 11.2 Å². The summed E-state index contributed by atoms with van der Waals surface area (Å²) in [5.74, 6) is 0.660. The number of hydrogen-bond acceptors (Lipinski definition) is 5. The van der Waals surface area contributed by atoms with Crippen LogP contribution in [0.2, 0.25) is 0 Å². The first-order chi connectivity index (χ1) is 15.8. The largest absolute Gasteiger partial charge is 0.380 e.